The molecule has 0 aliphatic carbocycles. The van der Waals surface area contributed by atoms with Crippen LogP contribution in [-0.4, -0.2) is 16.1 Å². The van der Waals surface area contributed by atoms with E-state index in [-0.39, 0.29) is 17.6 Å². The highest BCUT2D eigenvalue weighted by atomic mass is 79.9. The normalized spacial score (nSPS) is 10.6. The Balaban J connectivity index is 1.78. The molecular formula is C16H11BrFN3O2. The second-order valence-electron chi connectivity index (χ2n) is 4.84. The summed E-state index contributed by atoms with van der Waals surface area (Å²) in [6, 6.07) is 11.0. The third-order valence-corrected chi connectivity index (χ3v) is 3.99. The number of benzene rings is 2. The minimum absolute atomic E-state index is 0.153. The number of hydrogen-bond donors (Lipinski definition) is 1. The molecule has 0 radical (unpaired) electrons. The van der Waals surface area contributed by atoms with Crippen LogP contribution in [0.3, 0.4) is 0 Å². The van der Waals surface area contributed by atoms with E-state index in [0.717, 1.165) is 10.0 Å². The van der Waals surface area contributed by atoms with Gasteiger partial charge in [0.15, 0.2) is 0 Å². The Hall–Kier alpha value is -2.54. The Morgan fingerprint density at radius 2 is 1.91 bits per heavy atom. The number of halogens is 2. The highest BCUT2D eigenvalue weighted by Gasteiger charge is 2.16. The van der Waals surface area contributed by atoms with Gasteiger partial charge in [-0.05, 0) is 48.9 Å². The lowest BCUT2D eigenvalue weighted by Gasteiger charge is -2.04. The number of rotatable bonds is 3. The number of carbonyl (C=O) groups is 1. The zero-order valence-corrected chi connectivity index (χ0v) is 13.6. The van der Waals surface area contributed by atoms with Crippen molar-refractivity contribution in [3.8, 4) is 11.5 Å². The standard InChI is InChI=1S/C16H11BrFN3O2/c1-9-2-7-12(8-13(9)17)19-14(22)16-21-20-15(23-16)10-3-5-11(18)6-4-10/h2-8H,1H3,(H,19,22). The molecule has 5 nitrogen and oxygen atoms in total. The second-order valence-corrected chi connectivity index (χ2v) is 5.69. The number of nitrogens with zero attached hydrogens (tertiary/aromatic N) is 2. The molecule has 1 amide bonds. The van der Waals surface area contributed by atoms with Gasteiger partial charge in [0.05, 0.1) is 0 Å². The highest BCUT2D eigenvalue weighted by molar-refractivity contribution is 9.10. The lowest BCUT2D eigenvalue weighted by molar-refractivity contribution is 0.0991. The Morgan fingerprint density at radius 3 is 2.61 bits per heavy atom. The topological polar surface area (TPSA) is 68.0 Å². The first kappa shape index (κ1) is 15.4. The van der Waals surface area contributed by atoms with Gasteiger partial charge in [-0.2, -0.15) is 0 Å². The Labute approximate surface area is 139 Å². The number of hydrogen-bond acceptors (Lipinski definition) is 4. The van der Waals surface area contributed by atoms with Gasteiger partial charge in [-0.15, -0.1) is 10.2 Å². The quantitative estimate of drug-likeness (QED) is 0.744. The molecule has 0 aliphatic heterocycles. The van der Waals surface area contributed by atoms with Crippen molar-refractivity contribution in [2.45, 2.75) is 6.92 Å². The summed E-state index contributed by atoms with van der Waals surface area (Å²) >= 11 is 3.40. The fraction of sp³-hybridized carbons (Fsp3) is 0.0625. The van der Waals surface area contributed by atoms with Gasteiger partial charge < -0.3 is 9.73 Å². The number of aromatic nitrogens is 2. The molecule has 0 saturated heterocycles. The van der Waals surface area contributed by atoms with Crippen molar-refractivity contribution >= 4 is 27.5 Å². The van der Waals surface area contributed by atoms with Gasteiger partial charge in [0, 0.05) is 15.7 Å². The van der Waals surface area contributed by atoms with E-state index in [4.69, 9.17) is 4.42 Å². The molecule has 2 aromatic carbocycles. The van der Waals surface area contributed by atoms with Gasteiger partial charge in [-0.25, -0.2) is 4.39 Å². The third kappa shape index (κ3) is 3.45. The van der Waals surface area contributed by atoms with Crippen molar-refractivity contribution in [1.82, 2.24) is 10.2 Å². The van der Waals surface area contributed by atoms with Crippen LogP contribution < -0.4 is 5.32 Å². The van der Waals surface area contributed by atoms with E-state index in [9.17, 15) is 9.18 Å². The largest absolute Gasteiger partial charge is 0.412 e. The van der Waals surface area contributed by atoms with E-state index in [1.807, 2.05) is 13.0 Å². The molecule has 0 bridgehead atoms. The van der Waals surface area contributed by atoms with Gasteiger partial charge in [-0.3, -0.25) is 4.79 Å². The van der Waals surface area contributed by atoms with Crippen molar-refractivity contribution in [3.63, 3.8) is 0 Å². The maximum absolute atomic E-state index is 12.9. The first-order valence-corrected chi connectivity index (χ1v) is 7.49. The van der Waals surface area contributed by atoms with Crippen molar-refractivity contribution in [2.75, 3.05) is 5.32 Å². The second kappa shape index (κ2) is 6.29. The molecule has 0 spiro atoms. The molecule has 3 aromatic rings. The summed E-state index contributed by atoms with van der Waals surface area (Å²) in [5.74, 6) is -0.890. The fourth-order valence-electron chi connectivity index (χ4n) is 1.88. The van der Waals surface area contributed by atoms with Crippen LogP contribution in [0.25, 0.3) is 11.5 Å². The summed E-state index contributed by atoms with van der Waals surface area (Å²) in [6.07, 6.45) is 0. The SMILES string of the molecule is Cc1ccc(NC(=O)c2nnc(-c3ccc(F)cc3)o2)cc1Br. The van der Waals surface area contributed by atoms with Crippen LogP contribution in [0.15, 0.2) is 51.4 Å². The first-order valence-electron chi connectivity index (χ1n) is 6.70. The Morgan fingerprint density at radius 1 is 1.17 bits per heavy atom. The minimum atomic E-state index is -0.512. The maximum atomic E-state index is 12.9. The molecule has 7 heteroatoms. The number of aryl methyl sites for hydroxylation is 1. The van der Waals surface area contributed by atoms with Crippen LogP contribution in [0.1, 0.15) is 16.2 Å². The summed E-state index contributed by atoms with van der Waals surface area (Å²) in [4.78, 5) is 12.1. The van der Waals surface area contributed by atoms with Gasteiger partial charge in [0.2, 0.25) is 5.89 Å². The molecule has 1 heterocycles. The first-order chi connectivity index (χ1) is 11.0. The minimum Gasteiger partial charge on any atom is -0.412 e. The molecule has 0 atom stereocenters. The molecule has 3 rings (SSSR count). The van der Waals surface area contributed by atoms with Crippen LogP contribution >= 0.6 is 15.9 Å². The predicted octanol–water partition coefficient (Wildman–Crippen LogP) is 4.20. The maximum Gasteiger partial charge on any atom is 0.313 e. The Bertz CT molecular complexity index is 862. The smallest absolute Gasteiger partial charge is 0.313 e. The number of amides is 1. The lowest BCUT2D eigenvalue weighted by Crippen LogP contribution is -2.12. The summed E-state index contributed by atoms with van der Waals surface area (Å²) in [5.41, 5.74) is 2.20. The van der Waals surface area contributed by atoms with E-state index in [2.05, 4.69) is 31.4 Å². The van der Waals surface area contributed by atoms with Gasteiger partial charge in [0.25, 0.3) is 0 Å². The van der Waals surface area contributed by atoms with Crippen LogP contribution in [0.5, 0.6) is 0 Å². The van der Waals surface area contributed by atoms with E-state index in [1.54, 1.807) is 12.1 Å². The van der Waals surface area contributed by atoms with E-state index >= 15 is 0 Å². The number of carbonyl (C=O) groups excluding carboxylic acids is 1. The Kier molecular flexibility index (Phi) is 4.20. The molecule has 116 valence electrons. The summed E-state index contributed by atoms with van der Waals surface area (Å²) in [5, 5.41) is 10.2. The summed E-state index contributed by atoms with van der Waals surface area (Å²) in [7, 11) is 0. The molecule has 1 N–H and O–H groups in total. The molecule has 0 saturated carbocycles. The van der Waals surface area contributed by atoms with Gasteiger partial charge >= 0.3 is 11.8 Å². The monoisotopic (exact) mass is 375 g/mol. The predicted molar refractivity (Wildman–Crippen MR) is 86.5 cm³/mol. The highest BCUT2D eigenvalue weighted by Crippen LogP contribution is 2.22. The molecule has 23 heavy (non-hydrogen) atoms. The van der Waals surface area contributed by atoms with E-state index in [1.165, 1.54) is 24.3 Å². The molecular weight excluding hydrogens is 365 g/mol. The molecule has 0 aliphatic rings. The zero-order chi connectivity index (χ0) is 16.4. The van der Waals surface area contributed by atoms with E-state index in [0.29, 0.717) is 11.3 Å². The van der Waals surface area contributed by atoms with Crippen LogP contribution in [0, 0.1) is 12.7 Å². The summed E-state index contributed by atoms with van der Waals surface area (Å²) in [6.45, 7) is 1.95. The number of anilines is 1. The van der Waals surface area contributed by atoms with Crippen LogP contribution in [0.2, 0.25) is 0 Å². The van der Waals surface area contributed by atoms with Crippen LogP contribution in [-0.2, 0) is 0 Å². The molecule has 0 unspecified atom stereocenters. The van der Waals surface area contributed by atoms with Crippen molar-refractivity contribution in [1.29, 1.82) is 0 Å². The average molecular weight is 376 g/mol. The summed E-state index contributed by atoms with van der Waals surface area (Å²) < 4.78 is 19.1. The molecule has 1 aromatic heterocycles. The van der Waals surface area contributed by atoms with Gasteiger partial charge in [-0.1, -0.05) is 22.0 Å². The van der Waals surface area contributed by atoms with Crippen molar-refractivity contribution < 1.29 is 13.6 Å². The van der Waals surface area contributed by atoms with Gasteiger partial charge in [0.1, 0.15) is 5.82 Å². The van der Waals surface area contributed by atoms with Crippen molar-refractivity contribution in [3.05, 3.63) is 64.2 Å². The van der Waals surface area contributed by atoms with Crippen molar-refractivity contribution in [2.24, 2.45) is 0 Å². The fourth-order valence-corrected chi connectivity index (χ4v) is 2.26. The zero-order valence-electron chi connectivity index (χ0n) is 12.0. The van der Waals surface area contributed by atoms with Crippen LogP contribution in [0.4, 0.5) is 10.1 Å². The third-order valence-electron chi connectivity index (χ3n) is 3.14. The van der Waals surface area contributed by atoms with E-state index < -0.39 is 5.91 Å². The number of nitrogens with one attached hydrogen (secondary N) is 1. The average Bonchev–Trinajstić information content (AvgIpc) is 3.02. The lowest BCUT2D eigenvalue weighted by atomic mass is 10.2. The molecule has 0 fully saturated rings.